The number of carbonyl (C=O) groups excluding carboxylic acids is 2. The van der Waals surface area contributed by atoms with Crippen LogP contribution < -0.4 is 5.32 Å². The second-order valence-electron chi connectivity index (χ2n) is 8.56. The summed E-state index contributed by atoms with van der Waals surface area (Å²) in [6.07, 6.45) is -0.642. The van der Waals surface area contributed by atoms with Crippen molar-refractivity contribution >= 4 is 33.3 Å². The minimum Gasteiger partial charge on any atom is -0.381 e. The van der Waals surface area contributed by atoms with E-state index in [4.69, 9.17) is 16.3 Å². The summed E-state index contributed by atoms with van der Waals surface area (Å²) < 4.78 is 57.9. The molecule has 3 atom stereocenters. The topological polar surface area (TPSA) is 92.8 Å². The maximum Gasteiger partial charge on any atom is 0.254 e. The van der Waals surface area contributed by atoms with Gasteiger partial charge in [0.2, 0.25) is 5.91 Å². The summed E-state index contributed by atoms with van der Waals surface area (Å²) >= 11 is 5.85. The Morgan fingerprint density at radius 1 is 1.21 bits per heavy atom. The van der Waals surface area contributed by atoms with Crippen LogP contribution in [0.25, 0.3) is 0 Å². The molecule has 2 aliphatic heterocycles. The zero-order valence-corrected chi connectivity index (χ0v) is 19.8. The summed E-state index contributed by atoms with van der Waals surface area (Å²) in [5.74, 6) is -2.08. The van der Waals surface area contributed by atoms with Crippen LogP contribution in [0.15, 0.2) is 47.4 Å². The third-order valence-corrected chi connectivity index (χ3v) is 7.40. The van der Waals surface area contributed by atoms with E-state index in [9.17, 15) is 26.8 Å². The summed E-state index contributed by atoms with van der Waals surface area (Å²) in [6.45, 7) is 0.307. The van der Waals surface area contributed by atoms with E-state index in [1.165, 1.54) is 36.4 Å². The first kappa shape index (κ1) is 24.6. The zero-order chi connectivity index (χ0) is 24.6. The number of benzene rings is 2. The van der Waals surface area contributed by atoms with Crippen molar-refractivity contribution < 1.29 is 31.5 Å². The smallest absolute Gasteiger partial charge is 0.254 e. The van der Waals surface area contributed by atoms with Crippen LogP contribution in [0.3, 0.4) is 0 Å². The molecule has 0 radical (unpaired) electrons. The number of sulfone groups is 1. The van der Waals surface area contributed by atoms with Crippen molar-refractivity contribution in [3.63, 3.8) is 0 Å². The molecule has 2 amide bonds. The van der Waals surface area contributed by atoms with Crippen LogP contribution in [0.2, 0.25) is 5.02 Å². The van der Waals surface area contributed by atoms with E-state index >= 15 is 0 Å². The SMILES string of the molecule is CS(=O)(=O)c1cccc(C(=O)N2C[C@@H](F)C[C@@H]2C(=O)N[C@@H](c2ccc(Cl)cc2F)C2COC2)c1. The Kier molecular flexibility index (Phi) is 6.93. The lowest BCUT2D eigenvalue weighted by Gasteiger charge is -2.36. The number of hydrogen-bond acceptors (Lipinski definition) is 5. The number of hydrogen-bond donors (Lipinski definition) is 1. The summed E-state index contributed by atoms with van der Waals surface area (Å²) in [4.78, 5) is 27.4. The van der Waals surface area contributed by atoms with Gasteiger partial charge in [-0.3, -0.25) is 9.59 Å². The third kappa shape index (κ3) is 5.08. The number of likely N-dealkylation sites (tertiary alicyclic amines) is 1. The Labute approximate surface area is 200 Å². The first-order chi connectivity index (χ1) is 16.0. The molecule has 7 nitrogen and oxygen atoms in total. The Morgan fingerprint density at radius 2 is 1.94 bits per heavy atom. The lowest BCUT2D eigenvalue weighted by atomic mass is 9.90. The molecule has 0 spiro atoms. The number of nitrogens with one attached hydrogen (secondary N) is 1. The predicted molar refractivity (Wildman–Crippen MR) is 120 cm³/mol. The minimum absolute atomic E-state index is 0.0301. The molecule has 34 heavy (non-hydrogen) atoms. The molecule has 0 aliphatic carbocycles. The van der Waals surface area contributed by atoms with Crippen molar-refractivity contribution in [2.75, 3.05) is 26.0 Å². The lowest BCUT2D eigenvalue weighted by Crippen LogP contribution is -2.50. The first-order valence-corrected chi connectivity index (χ1v) is 12.9. The van der Waals surface area contributed by atoms with Crippen molar-refractivity contribution in [3.8, 4) is 0 Å². The van der Waals surface area contributed by atoms with Gasteiger partial charge in [-0.2, -0.15) is 0 Å². The fraction of sp³-hybridized carbons (Fsp3) is 0.391. The zero-order valence-electron chi connectivity index (χ0n) is 18.2. The van der Waals surface area contributed by atoms with Crippen molar-refractivity contribution in [3.05, 3.63) is 64.4 Å². The second-order valence-corrected chi connectivity index (χ2v) is 11.0. The van der Waals surface area contributed by atoms with Gasteiger partial charge < -0.3 is 15.0 Å². The van der Waals surface area contributed by atoms with Gasteiger partial charge in [0.1, 0.15) is 18.0 Å². The average Bonchev–Trinajstić information content (AvgIpc) is 3.13. The lowest BCUT2D eigenvalue weighted by molar-refractivity contribution is -0.128. The van der Waals surface area contributed by atoms with E-state index in [2.05, 4.69) is 5.32 Å². The molecule has 4 rings (SSSR count). The monoisotopic (exact) mass is 512 g/mol. The highest BCUT2D eigenvalue weighted by Crippen LogP contribution is 2.32. The highest BCUT2D eigenvalue weighted by Gasteiger charge is 2.42. The second kappa shape index (κ2) is 9.59. The molecule has 0 saturated carbocycles. The number of amides is 2. The number of rotatable bonds is 6. The van der Waals surface area contributed by atoms with Gasteiger partial charge >= 0.3 is 0 Å². The van der Waals surface area contributed by atoms with Crippen LogP contribution in [-0.4, -0.2) is 63.4 Å². The Morgan fingerprint density at radius 3 is 2.56 bits per heavy atom. The van der Waals surface area contributed by atoms with Crippen molar-refractivity contribution in [1.82, 2.24) is 10.2 Å². The molecule has 0 aromatic heterocycles. The van der Waals surface area contributed by atoms with Crippen LogP contribution in [-0.2, 0) is 19.4 Å². The van der Waals surface area contributed by atoms with Gasteiger partial charge in [-0.25, -0.2) is 17.2 Å². The summed E-state index contributed by atoms with van der Waals surface area (Å²) in [5.41, 5.74) is 0.252. The highest BCUT2D eigenvalue weighted by molar-refractivity contribution is 7.90. The maximum absolute atomic E-state index is 14.6. The Balaban J connectivity index is 1.58. The van der Waals surface area contributed by atoms with Crippen molar-refractivity contribution in [1.29, 1.82) is 0 Å². The molecule has 0 unspecified atom stereocenters. The third-order valence-electron chi connectivity index (χ3n) is 6.05. The quantitative estimate of drug-likeness (QED) is 0.642. The Hall–Kier alpha value is -2.56. The summed E-state index contributed by atoms with van der Waals surface area (Å²) in [7, 11) is -3.56. The van der Waals surface area contributed by atoms with Gasteiger partial charge in [0, 0.05) is 34.7 Å². The molecule has 2 aromatic carbocycles. The van der Waals surface area contributed by atoms with Gasteiger partial charge in [-0.15, -0.1) is 0 Å². The van der Waals surface area contributed by atoms with Crippen LogP contribution in [0, 0.1) is 11.7 Å². The van der Waals surface area contributed by atoms with E-state index < -0.39 is 45.7 Å². The van der Waals surface area contributed by atoms with Crippen LogP contribution in [0.5, 0.6) is 0 Å². The molecular formula is C23H23ClF2N2O5S. The van der Waals surface area contributed by atoms with E-state index in [-0.39, 0.29) is 39.9 Å². The van der Waals surface area contributed by atoms with Crippen LogP contribution >= 0.6 is 11.6 Å². The van der Waals surface area contributed by atoms with E-state index in [1.54, 1.807) is 0 Å². The van der Waals surface area contributed by atoms with E-state index in [1.807, 2.05) is 0 Å². The highest BCUT2D eigenvalue weighted by atomic mass is 35.5. The van der Waals surface area contributed by atoms with Gasteiger partial charge in [0.15, 0.2) is 9.84 Å². The molecule has 2 aromatic rings. The first-order valence-electron chi connectivity index (χ1n) is 10.6. The van der Waals surface area contributed by atoms with Gasteiger partial charge in [0.05, 0.1) is 30.7 Å². The van der Waals surface area contributed by atoms with E-state index in [0.29, 0.717) is 13.2 Å². The van der Waals surface area contributed by atoms with Crippen LogP contribution in [0.1, 0.15) is 28.4 Å². The molecule has 1 N–H and O–H groups in total. The normalized spacial score (nSPS) is 21.7. The largest absolute Gasteiger partial charge is 0.381 e. The Bertz CT molecular complexity index is 1220. The molecule has 2 fully saturated rings. The number of alkyl halides is 1. The number of ether oxygens (including phenoxy) is 1. The molecule has 182 valence electrons. The average molecular weight is 513 g/mol. The summed E-state index contributed by atoms with van der Waals surface area (Å²) in [6, 6.07) is 7.63. The van der Waals surface area contributed by atoms with E-state index in [0.717, 1.165) is 17.2 Å². The summed E-state index contributed by atoms with van der Waals surface area (Å²) in [5, 5.41) is 2.98. The minimum atomic E-state index is -3.56. The standard InChI is InChI=1S/C23H23ClF2N2O5S/c1-34(31,32)17-4-2-3-13(7-17)23(30)28-10-16(25)9-20(28)22(29)27-21(14-11-33-12-14)18-6-5-15(24)8-19(18)26/h2-8,14,16,20-21H,9-12H2,1H3,(H,27,29)/t16-,20+,21+/m0/s1. The molecule has 2 aliphatic rings. The molecule has 11 heteroatoms. The van der Waals surface area contributed by atoms with Gasteiger partial charge in [-0.05, 0) is 30.3 Å². The predicted octanol–water partition coefficient (Wildman–Crippen LogP) is 2.94. The van der Waals surface area contributed by atoms with Gasteiger partial charge in [0.25, 0.3) is 5.91 Å². The maximum atomic E-state index is 14.6. The molecule has 0 bridgehead atoms. The van der Waals surface area contributed by atoms with Crippen LogP contribution in [0.4, 0.5) is 8.78 Å². The molecule has 2 heterocycles. The van der Waals surface area contributed by atoms with Gasteiger partial charge in [-0.1, -0.05) is 23.7 Å². The fourth-order valence-electron chi connectivity index (χ4n) is 4.18. The number of nitrogens with zero attached hydrogens (tertiary/aromatic N) is 1. The van der Waals surface area contributed by atoms with Crippen molar-refractivity contribution in [2.45, 2.75) is 29.6 Å². The molecule has 2 saturated heterocycles. The number of carbonyl (C=O) groups is 2. The van der Waals surface area contributed by atoms with Crippen molar-refractivity contribution in [2.24, 2.45) is 5.92 Å². The molecular weight excluding hydrogens is 490 g/mol. The fourth-order valence-corrected chi connectivity index (χ4v) is 5.01. The number of halogens is 3.